The first-order chi connectivity index (χ1) is 6.62. The lowest BCUT2D eigenvalue weighted by atomic mass is 9.84. The minimum atomic E-state index is 0.244. The fourth-order valence-corrected chi connectivity index (χ4v) is 2.37. The Morgan fingerprint density at radius 1 is 1.50 bits per heavy atom. The Kier molecular flexibility index (Phi) is 2.52. The van der Waals surface area contributed by atoms with Crippen molar-refractivity contribution in [2.24, 2.45) is 16.3 Å². The lowest BCUT2D eigenvalue weighted by Gasteiger charge is -2.24. The second-order valence-electron chi connectivity index (χ2n) is 5.03. The van der Waals surface area contributed by atoms with Crippen LogP contribution in [0.5, 0.6) is 0 Å². The molecule has 1 saturated heterocycles. The van der Waals surface area contributed by atoms with Gasteiger partial charge in [-0.05, 0) is 18.3 Å². The SMILES string of the molecule is COC1=NCC(C)(C)CC2OCCC12. The van der Waals surface area contributed by atoms with Crippen molar-refractivity contribution in [1.29, 1.82) is 0 Å². The van der Waals surface area contributed by atoms with Gasteiger partial charge in [0.25, 0.3) is 0 Å². The number of methoxy groups -OCH3 is 1. The van der Waals surface area contributed by atoms with E-state index < -0.39 is 0 Å². The van der Waals surface area contributed by atoms with Crippen LogP contribution in [-0.4, -0.2) is 32.3 Å². The highest BCUT2D eigenvalue weighted by Gasteiger charge is 2.39. The van der Waals surface area contributed by atoms with Crippen LogP contribution in [0, 0.1) is 11.3 Å². The molecule has 0 spiro atoms. The Hall–Kier alpha value is -0.570. The van der Waals surface area contributed by atoms with Gasteiger partial charge in [0, 0.05) is 13.2 Å². The van der Waals surface area contributed by atoms with Gasteiger partial charge in [0.15, 0.2) is 5.90 Å². The normalized spacial score (nSPS) is 35.8. The molecule has 2 atom stereocenters. The van der Waals surface area contributed by atoms with E-state index in [2.05, 4.69) is 18.8 Å². The number of nitrogens with zero attached hydrogens (tertiary/aromatic N) is 1. The summed E-state index contributed by atoms with van der Waals surface area (Å²) in [5.41, 5.74) is 0.244. The van der Waals surface area contributed by atoms with Crippen LogP contribution < -0.4 is 0 Å². The predicted octanol–water partition coefficient (Wildman–Crippen LogP) is 1.87. The molecule has 0 aromatic rings. The molecule has 0 bridgehead atoms. The number of fused-ring (bicyclic) bond motifs is 1. The number of hydrogen-bond acceptors (Lipinski definition) is 3. The quantitative estimate of drug-likeness (QED) is 0.593. The van der Waals surface area contributed by atoms with E-state index in [0.29, 0.717) is 12.0 Å². The molecule has 2 aliphatic heterocycles. The van der Waals surface area contributed by atoms with Crippen molar-refractivity contribution in [1.82, 2.24) is 0 Å². The van der Waals surface area contributed by atoms with Gasteiger partial charge in [0.05, 0.1) is 19.1 Å². The first-order valence-corrected chi connectivity index (χ1v) is 5.32. The van der Waals surface area contributed by atoms with Gasteiger partial charge < -0.3 is 9.47 Å². The third-order valence-electron chi connectivity index (χ3n) is 3.15. The molecule has 2 aliphatic rings. The smallest absolute Gasteiger partial charge is 0.188 e. The van der Waals surface area contributed by atoms with Crippen LogP contribution >= 0.6 is 0 Å². The molecule has 2 unspecified atom stereocenters. The van der Waals surface area contributed by atoms with E-state index in [1.54, 1.807) is 7.11 Å². The van der Waals surface area contributed by atoms with E-state index in [1.165, 1.54) is 0 Å². The van der Waals surface area contributed by atoms with E-state index in [9.17, 15) is 0 Å². The summed E-state index contributed by atoms with van der Waals surface area (Å²) in [4.78, 5) is 4.55. The third-order valence-corrected chi connectivity index (χ3v) is 3.15. The fraction of sp³-hybridized carbons (Fsp3) is 0.909. The van der Waals surface area contributed by atoms with Gasteiger partial charge in [-0.25, -0.2) is 0 Å². The highest BCUT2D eigenvalue weighted by atomic mass is 16.5. The number of aliphatic imine (C=N–C) groups is 1. The molecule has 14 heavy (non-hydrogen) atoms. The highest BCUT2D eigenvalue weighted by molar-refractivity contribution is 5.79. The monoisotopic (exact) mass is 197 g/mol. The number of hydrogen-bond donors (Lipinski definition) is 0. The van der Waals surface area contributed by atoms with Gasteiger partial charge in [-0.15, -0.1) is 0 Å². The van der Waals surface area contributed by atoms with Crippen LogP contribution in [0.3, 0.4) is 0 Å². The molecule has 0 amide bonds. The summed E-state index contributed by atoms with van der Waals surface area (Å²) in [7, 11) is 1.71. The zero-order valence-electron chi connectivity index (χ0n) is 9.25. The molecular formula is C11H19NO2. The van der Waals surface area contributed by atoms with Crippen LogP contribution in [0.25, 0.3) is 0 Å². The Balaban J connectivity index is 2.21. The molecule has 80 valence electrons. The van der Waals surface area contributed by atoms with Gasteiger partial charge in [0.1, 0.15) is 0 Å². The first kappa shape index (κ1) is 9.97. The molecule has 0 N–H and O–H groups in total. The third kappa shape index (κ3) is 1.78. The minimum absolute atomic E-state index is 0.244. The number of ether oxygens (including phenoxy) is 2. The van der Waals surface area contributed by atoms with Crippen molar-refractivity contribution in [2.45, 2.75) is 32.8 Å². The van der Waals surface area contributed by atoms with E-state index in [4.69, 9.17) is 9.47 Å². The van der Waals surface area contributed by atoms with Crippen molar-refractivity contribution in [2.75, 3.05) is 20.3 Å². The molecule has 0 radical (unpaired) electrons. The Labute approximate surface area is 85.5 Å². The second kappa shape index (κ2) is 3.54. The molecule has 3 heteroatoms. The van der Waals surface area contributed by atoms with Crippen molar-refractivity contribution in [3.63, 3.8) is 0 Å². The molecule has 3 nitrogen and oxygen atoms in total. The van der Waals surface area contributed by atoms with Gasteiger partial charge in [-0.3, -0.25) is 4.99 Å². The predicted molar refractivity (Wildman–Crippen MR) is 55.6 cm³/mol. The van der Waals surface area contributed by atoms with E-state index in [-0.39, 0.29) is 5.41 Å². The topological polar surface area (TPSA) is 30.8 Å². The summed E-state index contributed by atoms with van der Waals surface area (Å²) in [6.07, 6.45) is 2.48. The molecule has 2 heterocycles. The molecule has 2 rings (SSSR count). The van der Waals surface area contributed by atoms with Gasteiger partial charge >= 0.3 is 0 Å². The van der Waals surface area contributed by atoms with E-state index >= 15 is 0 Å². The van der Waals surface area contributed by atoms with Crippen molar-refractivity contribution in [3.05, 3.63) is 0 Å². The zero-order chi connectivity index (χ0) is 10.2. The molecule has 0 aromatic heterocycles. The molecule has 1 fully saturated rings. The Morgan fingerprint density at radius 3 is 3.00 bits per heavy atom. The lowest BCUT2D eigenvalue weighted by Crippen LogP contribution is -2.27. The van der Waals surface area contributed by atoms with Crippen LogP contribution in [0.2, 0.25) is 0 Å². The van der Waals surface area contributed by atoms with Gasteiger partial charge in [0.2, 0.25) is 0 Å². The molecule has 0 saturated carbocycles. The van der Waals surface area contributed by atoms with Gasteiger partial charge in [-0.1, -0.05) is 13.8 Å². The average Bonchev–Trinajstić information content (AvgIpc) is 2.49. The summed E-state index contributed by atoms with van der Waals surface area (Å²) in [6, 6.07) is 0. The second-order valence-corrected chi connectivity index (χ2v) is 5.03. The maximum atomic E-state index is 5.74. The summed E-state index contributed by atoms with van der Waals surface area (Å²) in [5.74, 6) is 1.31. The summed E-state index contributed by atoms with van der Waals surface area (Å²) < 4.78 is 11.1. The molecule has 0 aromatic carbocycles. The van der Waals surface area contributed by atoms with Crippen molar-refractivity contribution < 1.29 is 9.47 Å². The molecular weight excluding hydrogens is 178 g/mol. The standard InChI is InChI=1S/C11H19NO2/c1-11(2)6-9-8(4-5-14-9)10(13-3)12-7-11/h8-9H,4-7H2,1-3H3. The maximum Gasteiger partial charge on any atom is 0.188 e. The minimum Gasteiger partial charge on any atom is -0.484 e. The van der Waals surface area contributed by atoms with Crippen LogP contribution in [0.15, 0.2) is 4.99 Å². The van der Waals surface area contributed by atoms with Crippen LogP contribution in [0.4, 0.5) is 0 Å². The lowest BCUT2D eigenvalue weighted by molar-refractivity contribution is 0.0656. The largest absolute Gasteiger partial charge is 0.484 e. The molecule has 0 aliphatic carbocycles. The first-order valence-electron chi connectivity index (χ1n) is 5.32. The van der Waals surface area contributed by atoms with Crippen LogP contribution in [-0.2, 0) is 9.47 Å². The fourth-order valence-electron chi connectivity index (χ4n) is 2.37. The number of rotatable bonds is 0. The average molecular weight is 197 g/mol. The Morgan fingerprint density at radius 2 is 2.29 bits per heavy atom. The van der Waals surface area contributed by atoms with E-state index in [1.807, 2.05) is 0 Å². The van der Waals surface area contributed by atoms with E-state index in [0.717, 1.165) is 31.9 Å². The van der Waals surface area contributed by atoms with Crippen LogP contribution in [0.1, 0.15) is 26.7 Å². The van der Waals surface area contributed by atoms with Crippen molar-refractivity contribution >= 4 is 5.90 Å². The zero-order valence-corrected chi connectivity index (χ0v) is 9.25. The summed E-state index contributed by atoms with van der Waals surface area (Å²) in [6.45, 7) is 6.20. The summed E-state index contributed by atoms with van der Waals surface area (Å²) >= 11 is 0. The summed E-state index contributed by atoms with van der Waals surface area (Å²) in [5, 5.41) is 0. The Bertz CT molecular complexity index is 248. The van der Waals surface area contributed by atoms with Crippen molar-refractivity contribution in [3.8, 4) is 0 Å². The maximum absolute atomic E-state index is 5.74. The highest BCUT2D eigenvalue weighted by Crippen LogP contribution is 2.36. The van der Waals surface area contributed by atoms with Gasteiger partial charge in [-0.2, -0.15) is 0 Å².